The van der Waals surface area contributed by atoms with Crippen LogP contribution < -0.4 is 5.32 Å². The average Bonchev–Trinajstić information content (AvgIpc) is 2.30. The molecule has 0 saturated heterocycles. The molecule has 1 aromatic rings. The van der Waals surface area contributed by atoms with Gasteiger partial charge in [-0.15, -0.1) is 0 Å². The summed E-state index contributed by atoms with van der Waals surface area (Å²) in [7, 11) is 0. The van der Waals surface area contributed by atoms with E-state index in [1.807, 2.05) is 6.92 Å². The predicted octanol–water partition coefficient (Wildman–Crippen LogP) is 1.10. The van der Waals surface area contributed by atoms with Crippen molar-refractivity contribution in [1.29, 1.82) is 0 Å². The zero-order valence-corrected chi connectivity index (χ0v) is 8.69. The largest absolute Gasteiger partial charge is 0.315 e. The van der Waals surface area contributed by atoms with Crippen molar-refractivity contribution < 1.29 is 0 Å². The molecular weight excluding hydrogens is 218 g/mol. The number of nitrogens with one attached hydrogen (secondary N) is 1. The van der Waals surface area contributed by atoms with E-state index in [1.54, 1.807) is 0 Å². The summed E-state index contributed by atoms with van der Waals surface area (Å²) in [5.74, 6) is 0. The van der Waals surface area contributed by atoms with Crippen molar-refractivity contribution >= 4 is 15.9 Å². The van der Waals surface area contributed by atoms with Crippen molar-refractivity contribution in [3.05, 3.63) is 15.9 Å². The zero-order valence-electron chi connectivity index (χ0n) is 7.10. The van der Waals surface area contributed by atoms with Crippen LogP contribution in [0, 0.1) is 6.92 Å². The highest BCUT2D eigenvalue weighted by molar-refractivity contribution is 9.10. The van der Waals surface area contributed by atoms with Gasteiger partial charge in [0.25, 0.3) is 0 Å². The molecule has 0 aromatic carbocycles. The Bertz CT molecular complexity index is 293. The molecule has 2 heterocycles. The molecule has 0 amide bonds. The Balaban J connectivity index is 2.42. The summed E-state index contributed by atoms with van der Waals surface area (Å²) in [4.78, 5) is 0. The lowest BCUT2D eigenvalue weighted by Gasteiger charge is -1.99. The van der Waals surface area contributed by atoms with Crippen LogP contribution in [-0.2, 0) is 13.0 Å². The smallest absolute Gasteiger partial charge is 0.0738 e. The summed E-state index contributed by atoms with van der Waals surface area (Å²) in [6.07, 6.45) is 1.07. The van der Waals surface area contributed by atoms with E-state index < -0.39 is 0 Å². The molecular formula is C8H12BrN3. The molecule has 0 radical (unpaired) electrons. The van der Waals surface area contributed by atoms with E-state index in [1.165, 1.54) is 10.2 Å². The highest BCUT2D eigenvalue weighted by Gasteiger charge is 2.14. The fourth-order valence-corrected chi connectivity index (χ4v) is 2.03. The van der Waals surface area contributed by atoms with Gasteiger partial charge in [-0.05, 0) is 22.9 Å². The molecule has 0 saturated carbocycles. The SMILES string of the molecule is Cc1nn2c(c1Br)CCNCC2. The second kappa shape index (κ2) is 3.18. The minimum Gasteiger partial charge on any atom is -0.315 e. The van der Waals surface area contributed by atoms with E-state index in [0.29, 0.717) is 0 Å². The van der Waals surface area contributed by atoms with E-state index >= 15 is 0 Å². The third-order valence-electron chi connectivity index (χ3n) is 2.19. The minimum atomic E-state index is 0.988. The molecule has 0 fully saturated rings. The molecule has 0 unspecified atom stereocenters. The second-order valence-electron chi connectivity index (χ2n) is 3.07. The maximum Gasteiger partial charge on any atom is 0.0738 e. The van der Waals surface area contributed by atoms with Crippen molar-refractivity contribution in [2.75, 3.05) is 13.1 Å². The Hall–Kier alpha value is -0.350. The van der Waals surface area contributed by atoms with E-state index in [4.69, 9.17) is 0 Å². The van der Waals surface area contributed by atoms with Gasteiger partial charge in [0.15, 0.2) is 0 Å². The Labute approximate surface area is 80.3 Å². The Morgan fingerprint density at radius 3 is 3.17 bits per heavy atom. The lowest BCUT2D eigenvalue weighted by molar-refractivity contribution is 0.585. The van der Waals surface area contributed by atoms with Gasteiger partial charge in [-0.25, -0.2) is 0 Å². The van der Waals surface area contributed by atoms with Gasteiger partial charge in [-0.3, -0.25) is 4.68 Å². The van der Waals surface area contributed by atoms with E-state index in [-0.39, 0.29) is 0 Å². The maximum absolute atomic E-state index is 4.44. The van der Waals surface area contributed by atoms with Gasteiger partial charge in [0, 0.05) is 19.5 Å². The van der Waals surface area contributed by atoms with Gasteiger partial charge in [-0.1, -0.05) is 0 Å². The molecule has 2 rings (SSSR count). The fraction of sp³-hybridized carbons (Fsp3) is 0.625. The van der Waals surface area contributed by atoms with Gasteiger partial charge in [-0.2, -0.15) is 5.10 Å². The molecule has 1 aromatic heterocycles. The first-order chi connectivity index (χ1) is 5.79. The van der Waals surface area contributed by atoms with E-state index in [9.17, 15) is 0 Å². The molecule has 1 aliphatic heterocycles. The fourth-order valence-electron chi connectivity index (χ4n) is 1.55. The number of fused-ring (bicyclic) bond motifs is 1. The van der Waals surface area contributed by atoms with Gasteiger partial charge in [0.05, 0.1) is 22.4 Å². The standard InChI is InChI=1S/C8H12BrN3/c1-6-8(9)7-2-3-10-4-5-12(7)11-6/h10H,2-5H2,1H3. The van der Waals surface area contributed by atoms with Crippen LogP contribution in [0.3, 0.4) is 0 Å². The van der Waals surface area contributed by atoms with Crippen molar-refractivity contribution in [3.8, 4) is 0 Å². The summed E-state index contributed by atoms with van der Waals surface area (Å²) in [5, 5.41) is 7.79. The lowest BCUT2D eigenvalue weighted by Crippen LogP contribution is -2.17. The predicted molar refractivity (Wildman–Crippen MR) is 51.2 cm³/mol. The third kappa shape index (κ3) is 1.29. The Morgan fingerprint density at radius 2 is 2.33 bits per heavy atom. The first kappa shape index (κ1) is 8.26. The van der Waals surface area contributed by atoms with Gasteiger partial charge >= 0.3 is 0 Å². The first-order valence-electron chi connectivity index (χ1n) is 4.21. The first-order valence-corrected chi connectivity index (χ1v) is 5.01. The average molecular weight is 230 g/mol. The molecule has 1 aliphatic rings. The molecule has 0 spiro atoms. The number of nitrogens with zero attached hydrogens (tertiary/aromatic N) is 2. The quantitative estimate of drug-likeness (QED) is 0.723. The van der Waals surface area contributed by atoms with Crippen LogP contribution in [0.15, 0.2) is 4.47 Å². The monoisotopic (exact) mass is 229 g/mol. The summed E-state index contributed by atoms with van der Waals surface area (Å²) in [6, 6.07) is 0. The molecule has 0 bridgehead atoms. The number of aromatic nitrogens is 2. The van der Waals surface area contributed by atoms with E-state index in [0.717, 1.165) is 31.7 Å². The Kier molecular flexibility index (Phi) is 2.19. The molecule has 0 atom stereocenters. The van der Waals surface area contributed by atoms with Crippen LogP contribution in [0.2, 0.25) is 0 Å². The van der Waals surface area contributed by atoms with Crippen molar-refractivity contribution in [1.82, 2.24) is 15.1 Å². The van der Waals surface area contributed by atoms with Crippen molar-refractivity contribution in [2.45, 2.75) is 19.9 Å². The maximum atomic E-state index is 4.44. The van der Waals surface area contributed by atoms with Gasteiger partial charge in [0.2, 0.25) is 0 Å². The normalized spacial score (nSPS) is 17.2. The van der Waals surface area contributed by atoms with Crippen LogP contribution in [0.4, 0.5) is 0 Å². The lowest BCUT2D eigenvalue weighted by atomic mass is 10.3. The van der Waals surface area contributed by atoms with Crippen LogP contribution in [0.5, 0.6) is 0 Å². The summed E-state index contributed by atoms with van der Waals surface area (Å²) >= 11 is 3.56. The summed E-state index contributed by atoms with van der Waals surface area (Å²) < 4.78 is 3.28. The van der Waals surface area contributed by atoms with Crippen molar-refractivity contribution in [3.63, 3.8) is 0 Å². The molecule has 3 nitrogen and oxygen atoms in total. The number of halogens is 1. The molecule has 4 heteroatoms. The number of hydrogen-bond donors (Lipinski definition) is 1. The minimum absolute atomic E-state index is 0.988. The third-order valence-corrected chi connectivity index (χ3v) is 3.22. The van der Waals surface area contributed by atoms with Crippen LogP contribution in [0.25, 0.3) is 0 Å². The van der Waals surface area contributed by atoms with Crippen molar-refractivity contribution in [2.24, 2.45) is 0 Å². The molecule has 12 heavy (non-hydrogen) atoms. The van der Waals surface area contributed by atoms with Gasteiger partial charge < -0.3 is 5.32 Å². The van der Waals surface area contributed by atoms with Crippen LogP contribution in [0.1, 0.15) is 11.4 Å². The second-order valence-corrected chi connectivity index (χ2v) is 3.86. The highest BCUT2D eigenvalue weighted by atomic mass is 79.9. The van der Waals surface area contributed by atoms with E-state index in [2.05, 4.69) is 31.0 Å². The number of hydrogen-bond acceptors (Lipinski definition) is 2. The highest BCUT2D eigenvalue weighted by Crippen LogP contribution is 2.21. The zero-order chi connectivity index (χ0) is 8.55. The topological polar surface area (TPSA) is 29.9 Å². The molecule has 66 valence electrons. The summed E-state index contributed by atoms with van der Waals surface area (Å²) in [6.45, 7) is 5.12. The molecule has 0 aliphatic carbocycles. The number of rotatable bonds is 0. The van der Waals surface area contributed by atoms with Gasteiger partial charge in [0.1, 0.15) is 0 Å². The van der Waals surface area contributed by atoms with Crippen LogP contribution in [-0.4, -0.2) is 22.9 Å². The molecule has 1 N–H and O–H groups in total. The van der Waals surface area contributed by atoms with Crippen LogP contribution >= 0.6 is 15.9 Å². The number of aryl methyl sites for hydroxylation is 1. The Morgan fingerprint density at radius 1 is 1.50 bits per heavy atom. The summed E-state index contributed by atoms with van der Waals surface area (Å²) in [5.41, 5.74) is 2.43.